The second-order valence-corrected chi connectivity index (χ2v) is 6.82. The third kappa shape index (κ3) is 6.07. The molecule has 25 heavy (non-hydrogen) atoms. The fourth-order valence-electron chi connectivity index (χ4n) is 3.04. The molecule has 0 spiro atoms. The van der Waals surface area contributed by atoms with E-state index < -0.39 is 12.1 Å². The lowest BCUT2D eigenvalue weighted by Crippen LogP contribution is -2.42. The largest absolute Gasteiger partial charge is 0.482 e. The van der Waals surface area contributed by atoms with Crippen molar-refractivity contribution < 1.29 is 19.1 Å². The van der Waals surface area contributed by atoms with Gasteiger partial charge in [0.05, 0.1) is 0 Å². The SMILES string of the molecule is Cc1cccc(OCC(=O)O[C@H](C)C(=O)NC2CCCCCC2)c1C. The van der Waals surface area contributed by atoms with Gasteiger partial charge in [0, 0.05) is 6.04 Å². The highest BCUT2D eigenvalue weighted by molar-refractivity contribution is 5.83. The van der Waals surface area contributed by atoms with E-state index in [0.29, 0.717) is 5.75 Å². The van der Waals surface area contributed by atoms with Crippen LogP contribution in [0, 0.1) is 13.8 Å². The van der Waals surface area contributed by atoms with Gasteiger partial charge in [0.1, 0.15) is 5.75 Å². The molecule has 1 aromatic carbocycles. The van der Waals surface area contributed by atoms with Crippen LogP contribution in [0.15, 0.2) is 18.2 Å². The van der Waals surface area contributed by atoms with Gasteiger partial charge in [-0.25, -0.2) is 4.79 Å². The first-order chi connectivity index (χ1) is 12.0. The average molecular weight is 347 g/mol. The van der Waals surface area contributed by atoms with Crippen molar-refractivity contribution in [3.8, 4) is 5.75 Å². The molecule has 0 bridgehead atoms. The number of nitrogens with one attached hydrogen (secondary N) is 1. The number of hydrogen-bond acceptors (Lipinski definition) is 4. The zero-order valence-corrected chi connectivity index (χ0v) is 15.5. The van der Waals surface area contributed by atoms with E-state index in [1.807, 2.05) is 32.0 Å². The number of hydrogen-bond donors (Lipinski definition) is 1. The number of esters is 1. The Hall–Kier alpha value is -2.04. The van der Waals surface area contributed by atoms with Gasteiger partial charge < -0.3 is 14.8 Å². The number of amides is 1. The fourth-order valence-corrected chi connectivity index (χ4v) is 3.04. The second-order valence-electron chi connectivity index (χ2n) is 6.82. The molecule has 0 radical (unpaired) electrons. The van der Waals surface area contributed by atoms with Crippen LogP contribution >= 0.6 is 0 Å². The molecule has 5 nitrogen and oxygen atoms in total. The summed E-state index contributed by atoms with van der Waals surface area (Å²) in [5.41, 5.74) is 2.09. The van der Waals surface area contributed by atoms with Gasteiger partial charge in [0.25, 0.3) is 5.91 Å². The van der Waals surface area contributed by atoms with Crippen molar-refractivity contribution in [3.05, 3.63) is 29.3 Å². The molecular weight excluding hydrogens is 318 g/mol. The normalized spacial score (nSPS) is 16.6. The van der Waals surface area contributed by atoms with E-state index in [0.717, 1.165) is 36.8 Å². The molecule has 1 N–H and O–H groups in total. The molecule has 0 aromatic heterocycles. The van der Waals surface area contributed by atoms with E-state index in [1.54, 1.807) is 6.92 Å². The van der Waals surface area contributed by atoms with Crippen LogP contribution in [0.3, 0.4) is 0 Å². The Morgan fingerprint density at radius 3 is 2.52 bits per heavy atom. The van der Waals surface area contributed by atoms with E-state index in [2.05, 4.69) is 5.32 Å². The lowest BCUT2D eigenvalue weighted by molar-refractivity contribution is -0.156. The number of aryl methyl sites for hydroxylation is 1. The molecule has 1 saturated carbocycles. The predicted octanol–water partition coefficient (Wildman–Crippen LogP) is 3.45. The van der Waals surface area contributed by atoms with E-state index in [4.69, 9.17) is 9.47 Å². The molecule has 1 aliphatic rings. The molecule has 1 aromatic rings. The monoisotopic (exact) mass is 347 g/mol. The van der Waals surface area contributed by atoms with E-state index >= 15 is 0 Å². The maximum absolute atomic E-state index is 12.2. The number of rotatable bonds is 6. The summed E-state index contributed by atoms with van der Waals surface area (Å²) in [5.74, 6) is -0.107. The molecule has 0 unspecified atom stereocenters. The summed E-state index contributed by atoms with van der Waals surface area (Å²) in [7, 11) is 0. The Labute approximate surface area is 150 Å². The first kappa shape index (κ1) is 19.3. The van der Waals surface area contributed by atoms with E-state index in [-0.39, 0.29) is 18.6 Å². The van der Waals surface area contributed by atoms with Gasteiger partial charge in [0.15, 0.2) is 12.7 Å². The summed E-state index contributed by atoms with van der Waals surface area (Å²) < 4.78 is 10.7. The van der Waals surface area contributed by atoms with Crippen molar-refractivity contribution in [3.63, 3.8) is 0 Å². The zero-order valence-electron chi connectivity index (χ0n) is 15.5. The Balaban J connectivity index is 1.76. The molecular formula is C20H29NO4. The molecule has 2 rings (SSSR count). The van der Waals surface area contributed by atoms with Crippen molar-refractivity contribution in [1.82, 2.24) is 5.32 Å². The number of ether oxygens (including phenoxy) is 2. The summed E-state index contributed by atoms with van der Waals surface area (Å²) in [4.78, 5) is 24.2. The van der Waals surface area contributed by atoms with Gasteiger partial charge in [-0.3, -0.25) is 4.79 Å². The summed E-state index contributed by atoms with van der Waals surface area (Å²) in [6.45, 7) is 5.33. The van der Waals surface area contributed by atoms with Crippen molar-refractivity contribution in [2.24, 2.45) is 0 Å². The van der Waals surface area contributed by atoms with Crippen LogP contribution in [0.25, 0.3) is 0 Å². The minimum Gasteiger partial charge on any atom is -0.482 e. The average Bonchev–Trinajstić information content (AvgIpc) is 2.84. The fraction of sp³-hybridized carbons (Fsp3) is 0.600. The first-order valence-electron chi connectivity index (χ1n) is 9.16. The van der Waals surface area contributed by atoms with Gasteiger partial charge >= 0.3 is 5.97 Å². The van der Waals surface area contributed by atoms with Crippen LogP contribution in [-0.2, 0) is 14.3 Å². The number of carbonyl (C=O) groups excluding carboxylic acids is 2. The van der Waals surface area contributed by atoms with Crippen LogP contribution in [0.5, 0.6) is 5.75 Å². The molecule has 5 heteroatoms. The van der Waals surface area contributed by atoms with Crippen molar-refractivity contribution >= 4 is 11.9 Å². The molecule has 0 heterocycles. The summed E-state index contributed by atoms with van der Waals surface area (Å²) in [6, 6.07) is 5.88. The van der Waals surface area contributed by atoms with Gasteiger partial charge in [-0.1, -0.05) is 37.8 Å². The van der Waals surface area contributed by atoms with Crippen molar-refractivity contribution in [2.45, 2.75) is 71.4 Å². The molecule has 1 atom stereocenters. The van der Waals surface area contributed by atoms with Crippen LogP contribution in [0.1, 0.15) is 56.6 Å². The Morgan fingerprint density at radius 1 is 1.16 bits per heavy atom. The third-order valence-corrected chi connectivity index (χ3v) is 4.78. The minimum atomic E-state index is -0.807. The first-order valence-corrected chi connectivity index (χ1v) is 9.16. The highest BCUT2D eigenvalue weighted by atomic mass is 16.6. The molecule has 138 valence electrons. The molecule has 1 amide bonds. The Kier molecular flexibility index (Phi) is 7.29. The molecule has 0 aliphatic heterocycles. The lowest BCUT2D eigenvalue weighted by Gasteiger charge is -2.19. The van der Waals surface area contributed by atoms with Crippen molar-refractivity contribution in [1.29, 1.82) is 0 Å². The summed E-state index contributed by atoms with van der Waals surface area (Å²) in [5, 5.41) is 3.00. The van der Waals surface area contributed by atoms with Gasteiger partial charge in [-0.2, -0.15) is 0 Å². The number of carbonyl (C=O) groups is 2. The zero-order chi connectivity index (χ0) is 18.2. The van der Waals surface area contributed by atoms with Gasteiger partial charge in [-0.05, 0) is 50.8 Å². The smallest absolute Gasteiger partial charge is 0.344 e. The van der Waals surface area contributed by atoms with Crippen LogP contribution < -0.4 is 10.1 Å². The van der Waals surface area contributed by atoms with Crippen LogP contribution in [-0.4, -0.2) is 30.6 Å². The van der Waals surface area contributed by atoms with E-state index in [1.165, 1.54) is 12.8 Å². The van der Waals surface area contributed by atoms with Crippen LogP contribution in [0.2, 0.25) is 0 Å². The highest BCUT2D eigenvalue weighted by Crippen LogP contribution is 2.20. The third-order valence-electron chi connectivity index (χ3n) is 4.78. The number of benzene rings is 1. The Bertz CT molecular complexity index is 591. The van der Waals surface area contributed by atoms with Crippen molar-refractivity contribution in [2.75, 3.05) is 6.61 Å². The molecule has 1 fully saturated rings. The lowest BCUT2D eigenvalue weighted by atomic mass is 10.1. The molecule has 0 saturated heterocycles. The maximum atomic E-state index is 12.2. The predicted molar refractivity (Wildman–Crippen MR) is 96.6 cm³/mol. The molecule has 1 aliphatic carbocycles. The minimum absolute atomic E-state index is 0.197. The quantitative estimate of drug-likeness (QED) is 0.632. The van der Waals surface area contributed by atoms with E-state index in [9.17, 15) is 9.59 Å². The summed E-state index contributed by atoms with van der Waals surface area (Å²) >= 11 is 0. The maximum Gasteiger partial charge on any atom is 0.344 e. The standard InChI is InChI=1S/C20H29NO4/c1-14-9-8-12-18(15(14)2)24-13-19(22)25-16(3)20(23)21-17-10-6-4-5-7-11-17/h8-9,12,16-17H,4-7,10-11,13H2,1-3H3,(H,21,23)/t16-/m1/s1. The van der Waals surface area contributed by atoms with Crippen LogP contribution in [0.4, 0.5) is 0 Å². The topological polar surface area (TPSA) is 64.6 Å². The van der Waals surface area contributed by atoms with Gasteiger partial charge in [-0.15, -0.1) is 0 Å². The Morgan fingerprint density at radius 2 is 1.84 bits per heavy atom. The second kappa shape index (κ2) is 9.44. The summed E-state index contributed by atoms with van der Waals surface area (Å²) in [6.07, 6.45) is 5.94. The highest BCUT2D eigenvalue weighted by Gasteiger charge is 2.22. The van der Waals surface area contributed by atoms with Gasteiger partial charge in [0.2, 0.25) is 0 Å².